The maximum atomic E-state index is 13.0. The molecule has 1 saturated heterocycles. The lowest BCUT2D eigenvalue weighted by atomic mass is 10.0. The molecule has 0 N–H and O–H groups in total. The monoisotopic (exact) mass is 397 g/mol. The van der Waals surface area contributed by atoms with Crippen molar-refractivity contribution in [3.63, 3.8) is 0 Å². The van der Waals surface area contributed by atoms with E-state index in [1.54, 1.807) is 24.3 Å². The first-order chi connectivity index (χ1) is 13.4. The topological polar surface area (TPSA) is 37.4 Å². The fourth-order valence-corrected chi connectivity index (χ4v) is 5.42. The second-order valence-corrected chi connectivity index (χ2v) is 10.9. The number of nitrogens with zero attached hydrogens (tertiary/aromatic N) is 1. The molecule has 0 amide bonds. The smallest absolute Gasteiger partial charge is 0.183 e. The van der Waals surface area contributed by atoms with Gasteiger partial charge in [-0.05, 0) is 70.3 Å². The molecule has 3 nitrogen and oxygen atoms in total. The van der Waals surface area contributed by atoms with Crippen molar-refractivity contribution in [2.24, 2.45) is 0 Å². The number of hydrogen-bond acceptors (Lipinski definition) is 3. The van der Waals surface area contributed by atoms with E-state index in [4.69, 9.17) is 0 Å². The second-order valence-electron chi connectivity index (χ2n) is 8.27. The number of rotatable bonds is 7. The largest absolute Gasteiger partial charge is 0.299 e. The van der Waals surface area contributed by atoms with E-state index in [0.29, 0.717) is 11.3 Å². The fourth-order valence-electron chi connectivity index (χ4n) is 3.85. The molecule has 0 bridgehead atoms. The minimum Gasteiger partial charge on any atom is -0.299 e. The number of benzene rings is 2. The standard InChI is InChI=1S/C24H31NO2S/c1-24(2,28(26,27)23-14-7-4-8-15-23)16-10-18-25-17-9-13-22(20-25)19-21-11-5-3-6-12-21/h3-8,11-12,14-15,19H,9-10,13,16-18,20H2,1-2H3/b22-19-. The summed E-state index contributed by atoms with van der Waals surface area (Å²) in [7, 11) is -3.32. The van der Waals surface area contributed by atoms with Crippen LogP contribution in [0, 0.1) is 0 Å². The third-order valence-corrected chi connectivity index (χ3v) is 8.16. The van der Waals surface area contributed by atoms with Gasteiger partial charge in [0, 0.05) is 6.54 Å². The van der Waals surface area contributed by atoms with Crippen LogP contribution in [0.4, 0.5) is 0 Å². The molecule has 0 unspecified atom stereocenters. The number of hydrogen-bond donors (Lipinski definition) is 0. The zero-order valence-electron chi connectivity index (χ0n) is 17.0. The van der Waals surface area contributed by atoms with Gasteiger partial charge in [-0.3, -0.25) is 4.90 Å². The summed E-state index contributed by atoms with van der Waals surface area (Å²) in [6.07, 6.45) is 6.18. The van der Waals surface area contributed by atoms with E-state index in [1.165, 1.54) is 17.6 Å². The molecule has 0 saturated carbocycles. The molecule has 1 heterocycles. The highest BCUT2D eigenvalue weighted by atomic mass is 32.2. The molecule has 28 heavy (non-hydrogen) atoms. The minimum atomic E-state index is -3.32. The summed E-state index contributed by atoms with van der Waals surface area (Å²) in [4.78, 5) is 2.88. The quantitative estimate of drug-likeness (QED) is 0.644. The van der Waals surface area contributed by atoms with Crippen LogP contribution < -0.4 is 0 Å². The highest BCUT2D eigenvalue weighted by Gasteiger charge is 2.35. The first-order valence-electron chi connectivity index (χ1n) is 10.1. The molecular formula is C24H31NO2S. The van der Waals surface area contributed by atoms with Crippen molar-refractivity contribution in [3.8, 4) is 0 Å². The highest BCUT2D eigenvalue weighted by molar-refractivity contribution is 7.92. The van der Waals surface area contributed by atoms with Crippen molar-refractivity contribution in [1.29, 1.82) is 0 Å². The normalized spacial score (nSPS) is 17.7. The summed E-state index contributed by atoms with van der Waals surface area (Å²) in [5, 5.41) is 0. The van der Waals surface area contributed by atoms with E-state index in [0.717, 1.165) is 32.5 Å². The number of sulfone groups is 1. The van der Waals surface area contributed by atoms with E-state index in [1.807, 2.05) is 26.0 Å². The Kier molecular flexibility index (Phi) is 6.73. The Hall–Kier alpha value is -1.91. The van der Waals surface area contributed by atoms with Gasteiger partial charge in [0.05, 0.1) is 9.64 Å². The van der Waals surface area contributed by atoms with E-state index in [-0.39, 0.29) is 0 Å². The van der Waals surface area contributed by atoms with Gasteiger partial charge in [-0.1, -0.05) is 60.2 Å². The van der Waals surface area contributed by atoms with Gasteiger partial charge >= 0.3 is 0 Å². The van der Waals surface area contributed by atoms with Crippen molar-refractivity contribution in [1.82, 2.24) is 4.90 Å². The van der Waals surface area contributed by atoms with Gasteiger partial charge in [0.2, 0.25) is 0 Å². The average Bonchev–Trinajstić information content (AvgIpc) is 2.69. The van der Waals surface area contributed by atoms with Crippen LogP contribution in [0.2, 0.25) is 0 Å². The summed E-state index contributed by atoms with van der Waals surface area (Å²) in [5.41, 5.74) is 2.73. The Labute approximate surface area is 170 Å². The molecule has 0 aliphatic carbocycles. The lowest BCUT2D eigenvalue weighted by Gasteiger charge is -2.30. The third kappa shape index (κ3) is 5.12. The fraction of sp³-hybridized carbons (Fsp3) is 0.417. The van der Waals surface area contributed by atoms with Crippen molar-refractivity contribution in [2.75, 3.05) is 19.6 Å². The molecule has 0 spiro atoms. The van der Waals surface area contributed by atoms with Gasteiger partial charge in [0.1, 0.15) is 0 Å². The third-order valence-electron chi connectivity index (χ3n) is 5.60. The predicted octanol–water partition coefficient (Wildman–Crippen LogP) is 5.20. The SMILES string of the molecule is CC(C)(CCCN1CCC/C(=C/c2ccccc2)C1)S(=O)(=O)c1ccccc1. The summed E-state index contributed by atoms with van der Waals surface area (Å²) in [6, 6.07) is 19.3. The Morgan fingerprint density at radius 1 is 1.00 bits per heavy atom. The van der Waals surface area contributed by atoms with Gasteiger partial charge in [-0.15, -0.1) is 0 Å². The number of piperidine rings is 1. The second kappa shape index (κ2) is 9.06. The lowest BCUT2D eigenvalue weighted by molar-refractivity contribution is 0.258. The predicted molar refractivity (Wildman–Crippen MR) is 117 cm³/mol. The van der Waals surface area contributed by atoms with E-state index in [9.17, 15) is 8.42 Å². The molecule has 1 aliphatic rings. The number of likely N-dealkylation sites (tertiary alicyclic amines) is 1. The molecular weight excluding hydrogens is 366 g/mol. The van der Waals surface area contributed by atoms with Crippen molar-refractivity contribution < 1.29 is 8.42 Å². The summed E-state index contributed by atoms with van der Waals surface area (Å²) >= 11 is 0. The Morgan fingerprint density at radius 2 is 1.64 bits per heavy atom. The molecule has 2 aromatic rings. The molecule has 3 rings (SSSR count). The van der Waals surface area contributed by atoms with Crippen LogP contribution in [0.25, 0.3) is 6.08 Å². The van der Waals surface area contributed by atoms with E-state index in [2.05, 4.69) is 35.2 Å². The zero-order valence-corrected chi connectivity index (χ0v) is 17.8. The Morgan fingerprint density at radius 3 is 2.32 bits per heavy atom. The van der Waals surface area contributed by atoms with Gasteiger partial charge < -0.3 is 0 Å². The first-order valence-corrected chi connectivity index (χ1v) is 11.6. The molecule has 2 aromatic carbocycles. The van der Waals surface area contributed by atoms with Gasteiger partial charge in [0.15, 0.2) is 9.84 Å². The maximum Gasteiger partial charge on any atom is 0.183 e. The van der Waals surface area contributed by atoms with Crippen molar-refractivity contribution in [3.05, 3.63) is 71.8 Å². The van der Waals surface area contributed by atoms with Crippen LogP contribution in [0.3, 0.4) is 0 Å². The molecule has 4 heteroatoms. The summed E-state index contributed by atoms with van der Waals surface area (Å²) < 4.78 is 25.2. The zero-order chi connectivity index (χ0) is 20.0. The first kappa shape index (κ1) is 20.8. The Balaban J connectivity index is 1.56. The molecule has 0 aromatic heterocycles. The van der Waals surface area contributed by atoms with Gasteiger partial charge in [0.25, 0.3) is 0 Å². The van der Waals surface area contributed by atoms with Crippen molar-refractivity contribution >= 4 is 15.9 Å². The van der Waals surface area contributed by atoms with E-state index >= 15 is 0 Å². The highest BCUT2D eigenvalue weighted by Crippen LogP contribution is 2.30. The molecule has 0 radical (unpaired) electrons. The van der Waals surface area contributed by atoms with Crippen LogP contribution in [0.1, 0.15) is 45.1 Å². The Bertz CT molecular complexity index is 887. The molecule has 1 fully saturated rings. The molecule has 150 valence electrons. The van der Waals surface area contributed by atoms with Crippen LogP contribution >= 0.6 is 0 Å². The summed E-state index contributed by atoms with van der Waals surface area (Å²) in [5.74, 6) is 0. The average molecular weight is 398 g/mol. The van der Waals surface area contributed by atoms with E-state index < -0.39 is 14.6 Å². The van der Waals surface area contributed by atoms with Crippen LogP contribution in [-0.4, -0.2) is 37.7 Å². The lowest BCUT2D eigenvalue weighted by Crippen LogP contribution is -2.35. The molecule has 1 aliphatic heterocycles. The van der Waals surface area contributed by atoms with Crippen molar-refractivity contribution in [2.45, 2.75) is 49.2 Å². The van der Waals surface area contributed by atoms with Gasteiger partial charge in [-0.2, -0.15) is 0 Å². The maximum absolute atomic E-state index is 13.0. The van der Waals surface area contributed by atoms with Crippen LogP contribution in [0.5, 0.6) is 0 Å². The minimum absolute atomic E-state index is 0.422. The molecule has 0 atom stereocenters. The van der Waals surface area contributed by atoms with Crippen LogP contribution in [-0.2, 0) is 9.84 Å². The van der Waals surface area contributed by atoms with Gasteiger partial charge in [-0.25, -0.2) is 8.42 Å². The van der Waals surface area contributed by atoms with Crippen LogP contribution in [0.15, 0.2) is 71.1 Å². The summed E-state index contributed by atoms with van der Waals surface area (Å²) in [6.45, 7) is 6.73.